The summed E-state index contributed by atoms with van der Waals surface area (Å²) in [7, 11) is -16.3. The second-order valence-corrected chi connectivity index (χ2v) is 14.9. The smallest absolute Gasteiger partial charge is 0.477 e. The van der Waals surface area contributed by atoms with Crippen LogP contribution in [0.4, 0.5) is 5.82 Å². The maximum Gasteiger partial charge on any atom is 0.481 e. The molecule has 3 aromatic heterocycles. The summed E-state index contributed by atoms with van der Waals surface area (Å²) in [5.74, 6) is -1.34. The van der Waals surface area contributed by atoms with E-state index < -0.39 is 91.7 Å². The first-order valence-electron chi connectivity index (χ1n) is 13.7. The fourth-order valence-electron chi connectivity index (χ4n) is 5.00. The number of nitrogens with zero attached hydrogens (tertiary/aromatic N) is 5. The molecule has 10 atom stereocenters. The van der Waals surface area contributed by atoms with Gasteiger partial charge in [0.25, 0.3) is 6.23 Å². The number of phosphoric acid groups is 3. The van der Waals surface area contributed by atoms with Gasteiger partial charge in [0.2, 0.25) is 0 Å². The maximum absolute atomic E-state index is 12.6. The number of aliphatic hydroxyl groups excluding tert-OH is 3. The number of aryl methyl sites for hydroxylation is 1. The van der Waals surface area contributed by atoms with Crippen LogP contribution in [0, 0.1) is 6.92 Å². The summed E-state index contributed by atoms with van der Waals surface area (Å²) in [6, 6.07) is 1.41. The van der Waals surface area contributed by atoms with Gasteiger partial charge in [0.1, 0.15) is 47.9 Å². The van der Waals surface area contributed by atoms with Crippen LogP contribution in [-0.4, -0.2) is 115 Å². The number of aromatic carboxylic acids is 1. The highest BCUT2D eigenvalue weighted by atomic mass is 31.3. The predicted octanol–water partition coefficient (Wildman–Crippen LogP) is -1.99. The zero-order valence-electron chi connectivity index (χ0n) is 24.7. The number of fused-ring (bicyclic) bond motifs is 1. The Bertz CT molecular complexity index is 1860. The second-order valence-electron chi connectivity index (χ2n) is 10.6. The Kier molecular flexibility index (Phi) is 10.7. The van der Waals surface area contributed by atoms with Crippen LogP contribution in [0.25, 0.3) is 11.2 Å². The van der Waals surface area contributed by atoms with Gasteiger partial charge in [0.05, 0.1) is 19.5 Å². The number of rotatable bonds is 13. The molecule has 0 spiro atoms. The lowest BCUT2D eigenvalue weighted by Gasteiger charge is -2.22. The van der Waals surface area contributed by atoms with Crippen LogP contribution < -0.4 is 10.3 Å². The summed E-state index contributed by atoms with van der Waals surface area (Å²) in [5.41, 5.74) is 6.07. The molecule has 5 heterocycles. The highest BCUT2D eigenvalue weighted by Crippen LogP contribution is 2.61. The fourth-order valence-corrected chi connectivity index (χ4v) is 7.63. The predicted molar refractivity (Wildman–Crippen MR) is 153 cm³/mol. The third-order valence-corrected chi connectivity index (χ3v) is 10.4. The number of carboxylic acids is 1. The first-order valence-corrected chi connectivity index (χ1v) is 18.2. The number of nitrogens with two attached hydrogens (primary N) is 1. The van der Waals surface area contributed by atoms with Crippen molar-refractivity contribution in [1.29, 1.82) is 0 Å². The molecule has 2 saturated heterocycles. The van der Waals surface area contributed by atoms with E-state index in [1.165, 1.54) is 19.2 Å². The highest BCUT2D eigenvalue weighted by molar-refractivity contribution is 7.61. The van der Waals surface area contributed by atoms with Gasteiger partial charge in [-0.25, -0.2) is 33.4 Å². The van der Waals surface area contributed by atoms with Crippen LogP contribution in [0.1, 0.15) is 28.4 Å². The summed E-state index contributed by atoms with van der Waals surface area (Å²) in [6.07, 6.45) is -8.71. The van der Waals surface area contributed by atoms with Crippen molar-refractivity contribution < 1.29 is 90.4 Å². The highest BCUT2D eigenvalue weighted by Gasteiger charge is 2.51. The van der Waals surface area contributed by atoms with Crippen molar-refractivity contribution in [2.45, 2.75) is 56.0 Å². The summed E-state index contributed by atoms with van der Waals surface area (Å²) >= 11 is 0. The van der Waals surface area contributed by atoms with E-state index in [4.69, 9.17) is 24.3 Å². The van der Waals surface area contributed by atoms with Gasteiger partial charge in [-0.15, -0.1) is 0 Å². The van der Waals surface area contributed by atoms with Crippen molar-refractivity contribution in [1.82, 2.24) is 19.5 Å². The molecular weight excluding hydrogens is 729 g/mol. The first kappa shape index (κ1) is 37.4. The van der Waals surface area contributed by atoms with Crippen LogP contribution >= 0.6 is 23.5 Å². The van der Waals surface area contributed by atoms with Crippen molar-refractivity contribution in [3.8, 4) is 0 Å². The molecule has 49 heavy (non-hydrogen) atoms. The minimum absolute atomic E-state index is 0.00205. The number of phosphoric ester groups is 3. The molecule has 0 bridgehead atoms. The fraction of sp³-hybridized carbons (Fsp3) is 0.500. The third-order valence-electron chi connectivity index (χ3n) is 7.30. The molecule has 0 amide bonds. The van der Waals surface area contributed by atoms with E-state index in [9.17, 15) is 58.5 Å². The molecule has 0 saturated carbocycles. The molecule has 3 aromatic rings. The minimum atomic E-state index is -5.54. The van der Waals surface area contributed by atoms with E-state index in [0.29, 0.717) is 5.56 Å². The molecule has 270 valence electrons. The normalized spacial score (nSPS) is 30.0. The summed E-state index contributed by atoms with van der Waals surface area (Å²) in [4.78, 5) is 62.2. The number of carboxylic acid groups (broad SMARTS) is 1. The number of ether oxygens (including phenoxy) is 2. The van der Waals surface area contributed by atoms with Crippen molar-refractivity contribution in [3.05, 3.63) is 42.2 Å². The molecule has 5 rings (SSSR count). The standard InChI is InChI=1S/C22H29N6O18P3/c1-9-2-3-27(4-10(9)22(32)33)20-16(31)14(29)11(43-20)5-41-48(37,38)46-49(39,40)42-6-12-15(30)17(45-47(34,35)36)21(44-12)28-8-26-13-18(23)24-7-25-19(13)28/h2-4,7-8,11-12,14-17,20-21,29-31H,5-6H2,1H3,(H6-,23,24,25,32,33,34,35,36,37,38,39,40)/p+1/t11-,12+,14-,15+,16-,17+,20-,21+/m0/s1. The number of nitrogen functional groups attached to an aromatic ring is 1. The van der Waals surface area contributed by atoms with Gasteiger partial charge in [0.15, 0.2) is 36.2 Å². The van der Waals surface area contributed by atoms with E-state index in [0.717, 1.165) is 28.0 Å². The lowest BCUT2D eigenvalue weighted by molar-refractivity contribution is -0.765. The van der Waals surface area contributed by atoms with Crippen molar-refractivity contribution in [2.75, 3.05) is 18.9 Å². The Morgan fingerprint density at radius 1 is 0.980 bits per heavy atom. The molecule has 0 radical (unpaired) electrons. The van der Waals surface area contributed by atoms with Gasteiger partial charge in [-0.05, 0) is 12.5 Å². The number of aliphatic hydroxyl groups is 3. The number of anilines is 1. The Hall–Kier alpha value is -2.86. The average Bonchev–Trinajstić information content (AvgIpc) is 3.64. The van der Waals surface area contributed by atoms with E-state index in [-0.39, 0.29) is 22.5 Å². The zero-order chi connectivity index (χ0) is 36.1. The monoisotopic (exact) mass is 759 g/mol. The second kappa shape index (κ2) is 14.0. The van der Waals surface area contributed by atoms with Crippen LogP contribution in [0.2, 0.25) is 0 Å². The molecule has 24 nitrogen and oxygen atoms in total. The molecule has 2 unspecified atom stereocenters. The van der Waals surface area contributed by atoms with Crippen LogP contribution in [0.3, 0.4) is 0 Å². The van der Waals surface area contributed by atoms with Gasteiger partial charge in [-0.3, -0.25) is 18.1 Å². The Morgan fingerprint density at radius 2 is 1.61 bits per heavy atom. The van der Waals surface area contributed by atoms with Gasteiger partial charge in [0, 0.05) is 6.07 Å². The topological polar surface area (TPSA) is 359 Å². The molecule has 2 aliphatic heterocycles. The number of hydrogen-bond donors (Lipinski definition) is 9. The van der Waals surface area contributed by atoms with Crippen molar-refractivity contribution in [2.24, 2.45) is 0 Å². The van der Waals surface area contributed by atoms with Gasteiger partial charge in [-0.1, -0.05) is 0 Å². The van der Waals surface area contributed by atoms with Crippen LogP contribution in [0.5, 0.6) is 0 Å². The molecule has 2 aliphatic rings. The van der Waals surface area contributed by atoms with E-state index in [1.54, 1.807) is 0 Å². The first-order chi connectivity index (χ1) is 22.8. The molecule has 0 aliphatic carbocycles. The molecule has 10 N–H and O–H groups in total. The van der Waals surface area contributed by atoms with Gasteiger partial charge >= 0.3 is 29.4 Å². The number of imidazole rings is 1. The Balaban J connectivity index is 1.21. The zero-order valence-corrected chi connectivity index (χ0v) is 27.4. The molecule has 2 fully saturated rings. The van der Waals surface area contributed by atoms with Crippen LogP contribution in [-0.2, 0) is 41.1 Å². The summed E-state index contributed by atoms with van der Waals surface area (Å²) < 4.78 is 68.4. The third kappa shape index (κ3) is 8.38. The minimum Gasteiger partial charge on any atom is -0.477 e. The quantitative estimate of drug-likeness (QED) is 0.0672. The van der Waals surface area contributed by atoms with Crippen molar-refractivity contribution in [3.63, 3.8) is 0 Å². The number of pyridine rings is 1. The van der Waals surface area contributed by atoms with Crippen LogP contribution in [0.15, 0.2) is 31.1 Å². The number of aromatic nitrogens is 5. The van der Waals surface area contributed by atoms with Gasteiger partial charge < -0.3 is 55.2 Å². The lowest BCUT2D eigenvalue weighted by atomic mass is 10.1. The van der Waals surface area contributed by atoms with E-state index in [2.05, 4.69) is 23.8 Å². The largest absolute Gasteiger partial charge is 0.481 e. The molecule has 27 heteroatoms. The van der Waals surface area contributed by atoms with Gasteiger partial charge in [-0.2, -0.15) is 8.88 Å². The number of carbonyl (C=O) groups is 1. The summed E-state index contributed by atoms with van der Waals surface area (Å²) in [5, 5.41) is 40.9. The van der Waals surface area contributed by atoms with E-state index in [1.807, 2.05) is 0 Å². The Morgan fingerprint density at radius 3 is 2.22 bits per heavy atom. The van der Waals surface area contributed by atoms with Crippen molar-refractivity contribution >= 4 is 46.4 Å². The summed E-state index contributed by atoms with van der Waals surface area (Å²) in [6.45, 7) is -0.539. The number of hydrogen-bond acceptors (Lipinski definition) is 17. The van der Waals surface area contributed by atoms with E-state index >= 15 is 0 Å². The lowest BCUT2D eigenvalue weighted by Crippen LogP contribution is -2.46. The SMILES string of the molecule is Cc1cc[n+]([C@H]2O[C@@H](COP(=O)(O)OP(=O)(O)OC[C@H]3O[C@@H](n4cnc5c(N)ncnc54)[C@H](OP(=O)(O)O)[C@@H]3O)[C@H](O)[C@@H]2O)cc1C(=O)O. The molecular formula is C22H30N6O18P3+. The average molecular weight is 759 g/mol. The maximum atomic E-state index is 12.6. The molecule has 0 aromatic carbocycles. The Labute approximate surface area is 273 Å².